The van der Waals surface area contributed by atoms with Crippen molar-refractivity contribution in [2.75, 3.05) is 19.8 Å². The first-order valence-corrected chi connectivity index (χ1v) is 5.88. The van der Waals surface area contributed by atoms with Gasteiger partial charge in [0.1, 0.15) is 5.75 Å². The highest BCUT2D eigenvalue weighted by atomic mass is 35.5. The van der Waals surface area contributed by atoms with Crippen molar-refractivity contribution in [3.05, 3.63) is 42.0 Å². The van der Waals surface area contributed by atoms with Gasteiger partial charge in [-0.25, -0.2) is 0 Å². The van der Waals surface area contributed by atoms with Gasteiger partial charge in [0.2, 0.25) is 0 Å². The van der Waals surface area contributed by atoms with E-state index in [2.05, 4.69) is 5.32 Å². The molecule has 0 aromatic heterocycles. The zero-order valence-corrected chi connectivity index (χ0v) is 10.7. The van der Waals surface area contributed by atoms with Gasteiger partial charge in [-0.1, -0.05) is 30.3 Å². The third-order valence-electron chi connectivity index (χ3n) is 3.23. The molecule has 0 saturated carbocycles. The Balaban J connectivity index is 0.00000120. The molecule has 4 heteroatoms. The maximum Gasteiger partial charge on any atom is 0.123 e. The largest absolute Gasteiger partial charge is 0.507 e. The molecule has 2 aromatic rings. The molecule has 1 saturated heterocycles. The van der Waals surface area contributed by atoms with E-state index in [1.54, 1.807) is 6.07 Å². The Bertz CT molecular complexity index is 538. The van der Waals surface area contributed by atoms with Crippen LogP contribution < -0.4 is 5.32 Å². The molecule has 1 heterocycles. The van der Waals surface area contributed by atoms with Crippen LogP contribution in [0.2, 0.25) is 0 Å². The summed E-state index contributed by atoms with van der Waals surface area (Å²) in [6.45, 7) is 2.33. The maximum atomic E-state index is 9.84. The molecule has 0 bridgehead atoms. The first-order chi connectivity index (χ1) is 8.36. The average molecular weight is 266 g/mol. The SMILES string of the molecule is Cl.Oc1ccc([C@H]2COCCN2)c2ccccc12. The number of ether oxygens (including phenoxy) is 1. The van der Waals surface area contributed by atoms with Gasteiger partial charge in [0.25, 0.3) is 0 Å². The van der Waals surface area contributed by atoms with Gasteiger partial charge in [0.15, 0.2) is 0 Å². The lowest BCUT2D eigenvalue weighted by atomic mass is 9.98. The van der Waals surface area contributed by atoms with E-state index in [0.717, 1.165) is 23.9 Å². The van der Waals surface area contributed by atoms with E-state index in [-0.39, 0.29) is 18.4 Å². The number of phenolic OH excluding ortho intramolecular Hbond substituents is 1. The topological polar surface area (TPSA) is 41.5 Å². The van der Waals surface area contributed by atoms with Crippen LogP contribution in [0.4, 0.5) is 0 Å². The van der Waals surface area contributed by atoms with Crippen molar-refractivity contribution in [3.63, 3.8) is 0 Å². The normalized spacial score (nSPS) is 19.4. The van der Waals surface area contributed by atoms with Gasteiger partial charge in [0.05, 0.1) is 19.3 Å². The van der Waals surface area contributed by atoms with Crippen LogP contribution in [-0.2, 0) is 4.74 Å². The molecular formula is C14H16ClNO2. The van der Waals surface area contributed by atoms with E-state index in [1.165, 1.54) is 5.56 Å². The van der Waals surface area contributed by atoms with Gasteiger partial charge in [-0.3, -0.25) is 0 Å². The van der Waals surface area contributed by atoms with Crippen LogP contribution >= 0.6 is 12.4 Å². The van der Waals surface area contributed by atoms with Crippen molar-refractivity contribution in [1.29, 1.82) is 0 Å². The zero-order valence-electron chi connectivity index (χ0n) is 9.93. The summed E-state index contributed by atoms with van der Waals surface area (Å²) in [6.07, 6.45) is 0. The highest BCUT2D eigenvalue weighted by molar-refractivity contribution is 5.91. The van der Waals surface area contributed by atoms with Gasteiger partial charge < -0.3 is 15.2 Å². The van der Waals surface area contributed by atoms with Gasteiger partial charge >= 0.3 is 0 Å². The van der Waals surface area contributed by atoms with Crippen molar-refractivity contribution in [2.24, 2.45) is 0 Å². The lowest BCUT2D eigenvalue weighted by molar-refractivity contribution is 0.0773. The second-order valence-corrected chi connectivity index (χ2v) is 4.30. The molecule has 0 aliphatic carbocycles. The molecular weight excluding hydrogens is 250 g/mol. The van der Waals surface area contributed by atoms with Crippen LogP contribution in [0.5, 0.6) is 5.75 Å². The van der Waals surface area contributed by atoms with Crippen LogP contribution in [0.3, 0.4) is 0 Å². The fourth-order valence-electron chi connectivity index (χ4n) is 2.38. The van der Waals surface area contributed by atoms with E-state index < -0.39 is 0 Å². The number of rotatable bonds is 1. The van der Waals surface area contributed by atoms with Crippen molar-refractivity contribution in [3.8, 4) is 5.75 Å². The van der Waals surface area contributed by atoms with Gasteiger partial charge in [-0.2, -0.15) is 0 Å². The Morgan fingerprint density at radius 1 is 1.11 bits per heavy atom. The Hall–Kier alpha value is -1.29. The molecule has 3 nitrogen and oxygen atoms in total. The minimum atomic E-state index is 0. The predicted molar refractivity (Wildman–Crippen MR) is 74.4 cm³/mol. The second kappa shape index (κ2) is 5.57. The summed E-state index contributed by atoms with van der Waals surface area (Å²) in [6, 6.07) is 11.9. The molecule has 2 aromatic carbocycles. The molecule has 1 fully saturated rings. The van der Waals surface area contributed by atoms with Crippen LogP contribution in [0, 0.1) is 0 Å². The predicted octanol–water partition coefficient (Wildman–Crippen LogP) is 2.63. The molecule has 2 N–H and O–H groups in total. The smallest absolute Gasteiger partial charge is 0.123 e. The number of halogens is 1. The molecule has 96 valence electrons. The summed E-state index contributed by atoms with van der Waals surface area (Å²) in [7, 11) is 0. The number of hydrogen-bond donors (Lipinski definition) is 2. The number of hydrogen-bond acceptors (Lipinski definition) is 3. The number of benzene rings is 2. The second-order valence-electron chi connectivity index (χ2n) is 4.30. The van der Waals surface area contributed by atoms with Gasteiger partial charge in [-0.15, -0.1) is 12.4 Å². The van der Waals surface area contributed by atoms with Gasteiger partial charge in [0, 0.05) is 11.9 Å². The standard InChI is InChI=1S/C14H15NO2.ClH/c16-14-6-5-11(13-9-17-8-7-15-13)10-3-1-2-4-12(10)14;/h1-6,13,15-16H,7-9H2;1H/t13-;/m1./s1. The van der Waals surface area contributed by atoms with E-state index >= 15 is 0 Å². The third kappa shape index (κ3) is 2.29. The Morgan fingerprint density at radius 2 is 1.89 bits per heavy atom. The summed E-state index contributed by atoms with van der Waals surface area (Å²) < 4.78 is 5.49. The fourth-order valence-corrected chi connectivity index (χ4v) is 2.38. The van der Waals surface area contributed by atoms with Crippen molar-refractivity contribution in [2.45, 2.75) is 6.04 Å². The molecule has 1 atom stereocenters. The summed E-state index contributed by atoms with van der Waals surface area (Å²) in [5.74, 6) is 0.334. The Labute approximate surface area is 112 Å². The van der Waals surface area contributed by atoms with Crippen molar-refractivity contribution in [1.82, 2.24) is 5.32 Å². The average Bonchev–Trinajstić information content (AvgIpc) is 2.41. The summed E-state index contributed by atoms with van der Waals surface area (Å²) >= 11 is 0. The van der Waals surface area contributed by atoms with E-state index in [4.69, 9.17) is 4.74 Å². The number of phenols is 1. The van der Waals surface area contributed by atoms with Crippen LogP contribution in [0.15, 0.2) is 36.4 Å². The van der Waals surface area contributed by atoms with Crippen LogP contribution in [-0.4, -0.2) is 24.9 Å². The number of aromatic hydroxyl groups is 1. The Kier molecular flexibility index (Phi) is 4.07. The molecule has 1 aliphatic heterocycles. The monoisotopic (exact) mass is 265 g/mol. The lowest BCUT2D eigenvalue weighted by Crippen LogP contribution is -2.34. The lowest BCUT2D eigenvalue weighted by Gasteiger charge is -2.25. The minimum Gasteiger partial charge on any atom is -0.507 e. The Morgan fingerprint density at radius 3 is 2.61 bits per heavy atom. The van der Waals surface area contributed by atoms with E-state index in [0.29, 0.717) is 12.4 Å². The zero-order chi connectivity index (χ0) is 11.7. The maximum absolute atomic E-state index is 9.84. The molecule has 0 spiro atoms. The molecule has 3 rings (SSSR count). The van der Waals surface area contributed by atoms with Crippen molar-refractivity contribution < 1.29 is 9.84 Å². The van der Waals surface area contributed by atoms with Crippen LogP contribution in [0.1, 0.15) is 11.6 Å². The highest BCUT2D eigenvalue weighted by Crippen LogP contribution is 2.31. The molecule has 18 heavy (non-hydrogen) atoms. The first kappa shape index (κ1) is 13.1. The molecule has 0 amide bonds. The fraction of sp³-hybridized carbons (Fsp3) is 0.286. The van der Waals surface area contributed by atoms with Gasteiger partial charge in [-0.05, 0) is 17.0 Å². The number of nitrogens with one attached hydrogen (secondary N) is 1. The third-order valence-corrected chi connectivity index (χ3v) is 3.23. The molecule has 1 aliphatic rings. The minimum absolute atomic E-state index is 0. The highest BCUT2D eigenvalue weighted by Gasteiger charge is 2.18. The summed E-state index contributed by atoms with van der Waals surface area (Å²) in [5, 5.41) is 15.3. The quantitative estimate of drug-likeness (QED) is 0.833. The number of fused-ring (bicyclic) bond motifs is 1. The molecule has 0 radical (unpaired) electrons. The van der Waals surface area contributed by atoms with E-state index in [1.807, 2.05) is 30.3 Å². The van der Waals surface area contributed by atoms with E-state index in [9.17, 15) is 5.11 Å². The summed E-state index contributed by atoms with van der Waals surface area (Å²) in [5.41, 5.74) is 1.19. The summed E-state index contributed by atoms with van der Waals surface area (Å²) in [4.78, 5) is 0. The molecule has 0 unspecified atom stereocenters. The first-order valence-electron chi connectivity index (χ1n) is 5.88. The number of morpholine rings is 1. The van der Waals surface area contributed by atoms with Crippen LogP contribution in [0.25, 0.3) is 10.8 Å². The van der Waals surface area contributed by atoms with Crippen molar-refractivity contribution >= 4 is 23.2 Å².